The lowest BCUT2D eigenvalue weighted by Gasteiger charge is -2.15. The lowest BCUT2D eigenvalue weighted by molar-refractivity contribution is 0.0601. The molecule has 0 aliphatic heterocycles. The van der Waals surface area contributed by atoms with Gasteiger partial charge in [-0.3, -0.25) is 9.36 Å². The fourth-order valence-electron chi connectivity index (χ4n) is 2.50. The molecular weight excluding hydrogens is 352 g/mol. The molecule has 0 aliphatic carbocycles. The Morgan fingerprint density at radius 3 is 2.62 bits per heavy atom. The highest BCUT2D eigenvalue weighted by molar-refractivity contribution is 7.99. The molecule has 0 spiro atoms. The Morgan fingerprint density at radius 2 is 2.00 bits per heavy atom. The lowest BCUT2D eigenvalue weighted by Crippen LogP contribution is -2.26. The van der Waals surface area contributed by atoms with Crippen LogP contribution in [0.5, 0.6) is 0 Å². The third-order valence-corrected chi connectivity index (χ3v) is 4.60. The second-order valence-electron chi connectivity index (χ2n) is 6.70. The van der Waals surface area contributed by atoms with E-state index in [1.807, 2.05) is 13.8 Å². The van der Waals surface area contributed by atoms with Crippen molar-refractivity contribution in [2.24, 2.45) is 5.92 Å². The fraction of sp³-hybridized carbons (Fsp3) is 0.526. The van der Waals surface area contributed by atoms with Crippen molar-refractivity contribution in [2.45, 2.75) is 45.5 Å². The number of rotatable bonds is 8. The largest absolute Gasteiger partial charge is 0.465 e. The van der Waals surface area contributed by atoms with Crippen molar-refractivity contribution in [2.75, 3.05) is 19.5 Å². The first kappa shape index (κ1) is 20.5. The number of methoxy groups -OCH3 is 1. The van der Waals surface area contributed by atoms with Crippen molar-refractivity contribution in [3.8, 4) is 0 Å². The lowest BCUT2D eigenvalue weighted by atomic mass is 10.1. The van der Waals surface area contributed by atoms with Crippen molar-refractivity contribution in [1.29, 1.82) is 0 Å². The molecular formula is C19H26N2O4S. The van der Waals surface area contributed by atoms with Gasteiger partial charge in [-0.15, -0.1) is 0 Å². The molecule has 2 aromatic rings. The van der Waals surface area contributed by atoms with Crippen molar-refractivity contribution in [3.63, 3.8) is 0 Å². The summed E-state index contributed by atoms with van der Waals surface area (Å²) in [7, 11) is 1.33. The van der Waals surface area contributed by atoms with Crippen LogP contribution in [0.1, 0.15) is 38.1 Å². The summed E-state index contributed by atoms with van der Waals surface area (Å²) >= 11 is 1.49. The van der Waals surface area contributed by atoms with Gasteiger partial charge >= 0.3 is 5.97 Å². The van der Waals surface area contributed by atoms with Crippen LogP contribution in [-0.4, -0.2) is 41.1 Å². The molecule has 0 aliphatic rings. The van der Waals surface area contributed by atoms with Crippen LogP contribution < -0.4 is 5.56 Å². The number of carbonyl (C=O) groups excluding carboxylic acids is 1. The minimum atomic E-state index is -0.445. The first-order chi connectivity index (χ1) is 12.3. The van der Waals surface area contributed by atoms with Gasteiger partial charge in [0.25, 0.3) is 5.56 Å². The van der Waals surface area contributed by atoms with Crippen molar-refractivity contribution >= 4 is 28.6 Å². The zero-order valence-electron chi connectivity index (χ0n) is 15.9. The Labute approximate surface area is 157 Å². The average Bonchev–Trinajstić information content (AvgIpc) is 2.60. The summed E-state index contributed by atoms with van der Waals surface area (Å²) < 4.78 is 12.0. The van der Waals surface area contributed by atoms with Crippen molar-refractivity contribution in [1.82, 2.24) is 9.55 Å². The third-order valence-electron chi connectivity index (χ3n) is 3.65. The highest BCUT2D eigenvalue weighted by Gasteiger charge is 2.15. The molecule has 0 amide bonds. The first-order valence-electron chi connectivity index (χ1n) is 8.70. The van der Waals surface area contributed by atoms with E-state index < -0.39 is 5.97 Å². The van der Waals surface area contributed by atoms with Crippen LogP contribution in [0.25, 0.3) is 10.9 Å². The molecule has 26 heavy (non-hydrogen) atoms. The normalized spacial score (nSPS) is 11.5. The number of thioether (sulfide) groups is 1. The fourth-order valence-corrected chi connectivity index (χ4v) is 3.34. The van der Waals surface area contributed by atoms with E-state index in [4.69, 9.17) is 9.47 Å². The van der Waals surface area contributed by atoms with Crippen LogP contribution >= 0.6 is 11.8 Å². The highest BCUT2D eigenvalue weighted by atomic mass is 32.2. The van der Waals surface area contributed by atoms with Crippen LogP contribution in [0.4, 0.5) is 0 Å². The zero-order valence-corrected chi connectivity index (χ0v) is 16.8. The molecule has 2 rings (SSSR count). The van der Waals surface area contributed by atoms with Crippen LogP contribution in [0.2, 0.25) is 0 Å². The Morgan fingerprint density at radius 1 is 1.27 bits per heavy atom. The molecule has 7 heteroatoms. The van der Waals surface area contributed by atoms with E-state index in [0.29, 0.717) is 46.4 Å². The predicted octanol–water partition coefficient (Wildman–Crippen LogP) is 3.36. The molecule has 142 valence electrons. The number of carbonyl (C=O) groups is 1. The summed E-state index contributed by atoms with van der Waals surface area (Å²) in [6, 6.07) is 4.85. The van der Waals surface area contributed by atoms with Gasteiger partial charge in [-0.1, -0.05) is 25.6 Å². The molecule has 1 aromatic heterocycles. The molecule has 0 N–H and O–H groups in total. The summed E-state index contributed by atoms with van der Waals surface area (Å²) in [5.41, 5.74) is 0.796. The second-order valence-corrected chi connectivity index (χ2v) is 7.76. The van der Waals surface area contributed by atoms with E-state index in [1.54, 1.807) is 22.8 Å². The molecule has 0 fully saturated rings. The van der Waals surface area contributed by atoms with E-state index in [0.717, 1.165) is 0 Å². The Hall–Kier alpha value is -1.86. The maximum Gasteiger partial charge on any atom is 0.337 e. The number of aromatic nitrogens is 2. The first-order valence-corrected chi connectivity index (χ1v) is 9.69. The Kier molecular flexibility index (Phi) is 7.23. The van der Waals surface area contributed by atoms with Crippen molar-refractivity contribution in [3.05, 3.63) is 34.1 Å². The van der Waals surface area contributed by atoms with Gasteiger partial charge in [-0.25, -0.2) is 9.78 Å². The van der Waals surface area contributed by atoms with E-state index in [-0.39, 0.29) is 11.7 Å². The van der Waals surface area contributed by atoms with E-state index in [9.17, 15) is 9.59 Å². The van der Waals surface area contributed by atoms with E-state index >= 15 is 0 Å². The molecule has 1 heterocycles. The number of hydrogen-bond donors (Lipinski definition) is 0. The van der Waals surface area contributed by atoms with Crippen LogP contribution in [0, 0.1) is 5.92 Å². The Bertz CT molecular complexity index is 830. The Balaban J connectivity index is 2.44. The summed E-state index contributed by atoms with van der Waals surface area (Å²) in [6.45, 7) is 9.28. The molecule has 0 bridgehead atoms. The number of nitrogens with zero attached hydrogens (tertiary/aromatic N) is 2. The quantitative estimate of drug-likeness (QED) is 0.304. The number of benzene rings is 1. The van der Waals surface area contributed by atoms with Gasteiger partial charge in [0.2, 0.25) is 0 Å². The number of esters is 1. The van der Waals surface area contributed by atoms with Crippen molar-refractivity contribution < 1.29 is 14.3 Å². The monoisotopic (exact) mass is 378 g/mol. The molecule has 6 nitrogen and oxygen atoms in total. The maximum absolute atomic E-state index is 12.9. The third kappa shape index (κ3) is 5.08. The molecule has 0 radical (unpaired) electrons. The zero-order chi connectivity index (χ0) is 19.3. The molecule has 0 saturated heterocycles. The number of fused-ring (bicyclic) bond motifs is 1. The van der Waals surface area contributed by atoms with Gasteiger partial charge in [0.15, 0.2) is 5.16 Å². The van der Waals surface area contributed by atoms with E-state index in [2.05, 4.69) is 18.8 Å². The average molecular weight is 378 g/mol. The van der Waals surface area contributed by atoms with Gasteiger partial charge < -0.3 is 9.47 Å². The molecule has 0 atom stereocenters. The van der Waals surface area contributed by atoms with Crippen LogP contribution in [-0.2, 0) is 16.0 Å². The summed E-state index contributed by atoms with van der Waals surface area (Å²) in [4.78, 5) is 29.3. The van der Waals surface area contributed by atoms with Gasteiger partial charge in [0, 0.05) is 12.3 Å². The van der Waals surface area contributed by atoms with Gasteiger partial charge in [0.05, 0.1) is 36.3 Å². The summed E-state index contributed by atoms with van der Waals surface area (Å²) in [6.07, 6.45) is 0.167. The van der Waals surface area contributed by atoms with Gasteiger partial charge in [-0.2, -0.15) is 0 Å². The minimum Gasteiger partial charge on any atom is -0.465 e. The molecule has 0 saturated carbocycles. The highest BCUT2D eigenvalue weighted by Crippen LogP contribution is 2.20. The summed E-state index contributed by atoms with van der Waals surface area (Å²) in [5.74, 6) is 0.567. The maximum atomic E-state index is 12.9. The summed E-state index contributed by atoms with van der Waals surface area (Å²) in [5, 5.41) is 1.15. The second kappa shape index (κ2) is 9.19. The van der Waals surface area contributed by atoms with Gasteiger partial charge in [0.1, 0.15) is 0 Å². The van der Waals surface area contributed by atoms with Crippen LogP contribution in [0.3, 0.4) is 0 Å². The van der Waals surface area contributed by atoms with Gasteiger partial charge in [-0.05, 0) is 38.0 Å². The molecule has 1 aromatic carbocycles. The van der Waals surface area contributed by atoms with Crippen LogP contribution in [0.15, 0.2) is 28.2 Å². The SMILES string of the molecule is COC(=O)c1ccc2c(=O)n(CC(C)C)c(SCCOC(C)C)nc2c1. The topological polar surface area (TPSA) is 70.4 Å². The standard InChI is InChI=1S/C19H26N2O4S/c1-12(2)11-21-17(22)15-7-6-14(18(23)24-5)10-16(15)20-19(21)26-9-8-25-13(3)4/h6-7,10,12-13H,8-9,11H2,1-5H3. The smallest absolute Gasteiger partial charge is 0.337 e. The molecule has 0 unspecified atom stereocenters. The predicted molar refractivity (Wildman–Crippen MR) is 104 cm³/mol. The minimum absolute atomic E-state index is 0.0904. The number of hydrogen-bond acceptors (Lipinski definition) is 6. The van der Waals surface area contributed by atoms with E-state index in [1.165, 1.54) is 18.9 Å². The number of ether oxygens (including phenoxy) is 2.